The van der Waals surface area contributed by atoms with E-state index in [1.165, 1.54) is 26.0 Å². The molecule has 0 amide bonds. The van der Waals surface area contributed by atoms with Crippen LogP contribution in [0.2, 0.25) is 0 Å². The highest BCUT2D eigenvalue weighted by Crippen LogP contribution is 2.29. The number of benzene rings is 1. The molecule has 0 bridgehead atoms. The van der Waals surface area contributed by atoms with Gasteiger partial charge in [-0.2, -0.15) is 0 Å². The number of carbonyl (C=O) groups excluding carboxylic acids is 1. The van der Waals surface area contributed by atoms with Crippen LogP contribution < -0.4 is 0 Å². The van der Waals surface area contributed by atoms with Crippen molar-refractivity contribution in [2.24, 2.45) is 5.92 Å². The molecule has 0 aliphatic heterocycles. The number of nitrogens with zero attached hydrogens (tertiary/aromatic N) is 1. The van der Waals surface area contributed by atoms with E-state index in [-0.39, 0.29) is 0 Å². The van der Waals surface area contributed by atoms with Crippen molar-refractivity contribution in [1.29, 1.82) is 0 Å². The molecule has 8 heteroatoms. The van der Waals surface area contributed by atoms with Crippen molar-refractivity contribution in [3.05, 3.63) is 34.4 Å². The minimum Gasteiger partial charge on any atom is -0.469 e. The first-order chi connectivity index (χ1) is 9.23. The lowest BCUT2D eigenvalue weighted by molar-refractivity contribution is -0.387. The lowest BCUT2D eigenvalue weighted by Gasteiger charge is -2.18. The van der Waals surface area contributed by atoms with Crippen LogP contribution in [0.25, 0.3) is 0 Å². The van der Waals surface area contributed by atoms with Crippen molar-refractivity contribution in [3.63, 3.8) is 0 Å². The van der Waals surface area contributed by atoms with E-state index in [2.05, 4.69) is 4.74 Å². The number of hydrogen-bond acceptors (Lipinski definition) is 6. The molecule has 0 aliphatic carbocycles. The molecule has 0 spiro atoms. The van der Waals surface area contributed by atoms with Crippen molar-refractivity contribution < 1.29 is 22.9 Å². The van der Waals surface area contributed by atoms with E-state index in [4.69, 9.17) is 0 Å². The van der Waals surface area contributed by atoms with Crippen molar-refractivity contribution in [2.75, 3.05) is 7.11 Å². The predicted octanol–water partition coefficient (Wildman–Crippen LogP) is 1.57. The zero-order chi connectivity index (χ0) is 15.5. The number of nitro benzene ring substituents is 1. The summed E-state index contributed by atoms with van der Waals surface area (Å²) in [5.41, 5.74) is -0.503. The summed E-state index contributed by atoms with van der Waals surface area (Å²) in [5, 5.41) is 9.77. The van der Waals surface area contributed by atoms with Gasteiger partial charge >= 0.3 is 5.97 Å². The Morgan fingerprint density at radius 2 is 1.85 bits per heavy atom. The Kier molecular flexibility index (Phi) is 4.83. The van der Waals surface area contributed by atoms with Crippen LogP contribution in [-0.2, 0) is 19.4 Å². The maximum Gasteiger partial charge on any atom is 0.309 e. The van der Waals surface area contributed by atoms with Gasteiger partial charge < -0.3 is 4.74 Å². The van der Waals surface area contributed by atoms with Crippen molar-refractivity contribution >= 4 is 21.5 Å². The Balaban J connectivity index is 3.31. The Bertz CT molecular complexity index is 625. The highest BCUT2D eigenvalue weighted by atomic mass is 32.2. The number of para-hydroxylation sites is 1. The number of methoxy groups -OCH3 is 1. The van der Waals surface area contributed by atoms with Crippen molar-refractivity contribution in [1.82, 2.24) is 0 Å². The summed E-state index contributed by atoms with van der Waals surface area (Å²) in [7, 11) is -2.86. The van der Waals surface area contributed by atoms with E-state index in [0.717, 1.165) is 19.2 Å². The van der Waals surface area contributed by atoms with Crippen LogP contribution in [0.15, 0.2) is 29.2 Å². The summed E-state index contributed by atoms with van der Waals surface area (Å²) in [4.78, 5) is 21.2. The number of nitro groups is 1. The zero-order valence-corrected chi connectivity index (χ0v) is 12.1. The van der Waals surface area contributed by atoms with E-state index < -0.39 is 42.5 Å². The number of ether oxygens (including phenoxy) is 1. The summed E-state index contributed by atoms with van der Waals surface area (Å²) >= 11 is 0. The normalized spacial score (nSPS) is 14.3. The molecule has 1 aromatic rings. The fourth-order valence-electron chi connectivity index (χ4n) is 1.70. The first-order valence-corrected chi connectivity index (χ1v) is 7.33. The van der Waals surface area contributed by atoms with Gasteiger partial charge in [0.05, 0.1) is 23.2 Å². The summed E-state index contributed by atoms with van der Waals surface area (Å²) in [6, 6.07) is 5.05. The lowest BCUT2D eigenvalue weighted by Crippen LogP contribution is -2.31. The van der Waals surface area contributed by atoms with Gasteiger partial charge in [-0.1, -0.05) is 19.1 Å². The van der Waals surface area contributed by atoms with E-state index in [1.807, 2.05) is 0 Å². The molecule has 0 saturated carbocycles. The molecular formula is C12H15NO6S. The molecule has 110 valence electrons. The molecule has 0 N–H and O–H groups in total. The smallest absolute Gasteiger partial charge is 0.309 e. The molecule has 0 radical (unpaired) electrons. The third kappa shape index (κ3) is 2.96. The summed E-state index contributed by atoms with van der Waals surface area (Å²) in [6.45, 7) is 2.73. The maximum atomic E-state index is 12.4. The number of sulfone groups is 1. The quantitative estimate of drug-likeness (QED) is 0.464. The van der Waals surface area contributed by atoms with Crippen LogP contribution in [0.3, 0.4) is 0 Å². The fraction of sp³-hybridized carbons (Fsp3) is 0.417. The van der Waals surface area contributed by atoms with E-state index >= 15 is 0 Å². The van der Waals surface area contributed by atoms with Crippen LogP contribution >= 0.6 is 0 Å². The molecular weight excluding hydrogens is 286 g/mol. The molecule has 1 aromatic carbocycles. The van der Waals surface area contributed by atoms with Gasteiger partial charge in [-0.15, -0.1) is 0 Å². The van der Waals surface area contributed by atoms with Gasteiger partial charge in [0.1, 0.15) is 4.90 Å². The van der Waals surface area contributed by atoms with Crippen molar-refractivity contribution in [2.45, 2.75) is 24.0 Å². The van der Waals surface area contributed by atoms with Gasteiger partial charge in [-0.3, -0.25) is 14.9 Å². The van der Waals surface area contributed by atoms with Gasteiger partial charge in [0.15, 0.2) is 9.84 Å². The van der Waals surface area contributed by atoms with Crippen LogP contribution in [0.4, 0.5) is 5.69 Å². The average Bonchev–Trinajstić information content (AvgIpc) is 2.44. The number of carbonyl (C=O) groups is 1. The van der Waals surface area contributed by atoms with Crippen LogP contribution in [0.5, 0.6) is 0 Å². The number of esters is 1. The van der Waals surface area contributed by atoms with Gasteiger partial charge in [-0.25, -0.2) is 8.42 Å². The first-order valence-electron chi connectivity index (χ1n) is 5.78. The third-order valence-corrected chi connectivity index (χ3v) is 5.48. The van der Waals surface area contributed by atoms with Gasteiger partial charge in [0, 0.05) is 6.07 Å². The monoisotopic (exact) mass is 301 g/mol. The predicted molar refractivity (Wildman–Crippen MR) is 70.9 cm³/mol. The maximum absolute atomic E-state index is 12.4. The molecule has 2 unspecified atom stereocenters. The number of rotatable bonds is 5. The zero-order valence-electron chi connectivity index (χ0n) is 11.3. The Labute approximate surface area is 116 Å². The first kappa shape index (κ1) is 16.1. The molecule has 1 rings (SSSR count). The van der Waals surface area contributed by atoms with E-state index in [9.17, 15) is 23.3 Å². The Hall–Kier alpha value is -1.96. The second kappa shape index (κ2) is 6.00. The number of hydrogen-bond donors (Lipinski definition) is 0. The second-order valence-corrected chi connectivity index (χ2v) is 6.56. The Morgan fingerprint density at radius 3 is 2.35 bits per heavy atom. The second-order valence-electron chi connectivity index (χ2n) is 4.29. The van der Waals surface area contributed by atoms with Gasteiger partial charge in [0.25, 0.3) is 5.69 Å². The molecule has 2 atom stereocenters. The fourth-order valence-corrected chi connectivity index (χ4v) is 3.45. The van der Waals surface area contributed by atoms with Gasteiger partial charge in [-0.05, 0) is 13.0 Å². The van der Waals surface area contributed by atoms with Crippen LogP contribution in [0, 0.1) is 16.0 Å². The minimum atomic E-state index is -4.01. The summed E-state index contributed by atoms with van der Waals surface area (Å²) in [6.07, 6.45) is 0. The Morgan fingerprint density at radius 1 is 1.30 bits per heavy atom. The van der Waals surface area contributed by atoms with E-state index in [1.54, 1.807) is 0 Å². The molecule has 20 heavy (non-hydrogen) atoms. The summed E-state index contributed by atoms with van der Waals surface area (Å²) < 4.78 is 29.3. The molecule has 7 nitrogen and oxygen atoms in total. The topological polar surface area (TPSA) is 104 Å². The molecule has 0 heterocycles. The standard InChI is InChI=1S/C12H15NO6S/c1-8(12(14)19-3)9(2)20(17,18)11-7-5-4-6-10(11)13(15)16/h4-9H,1-3H3. The third-order valence-electron chi connectivity index (χ3n) is 3.14. The molecule has 0 saturated heterocycles. The molecule has 0 aromatic heterocycles. The van der Waals surface area contributed by atoms with Crippen LogP contribution in [0.1, 0.15) is 13.8 Å². The molecule has 0 aliphatic rings. The van der Waals surface area contributed by atoms with Gasteiger partial charge in [0.2, 0.25) is 0 Å². The highest BCUT2D eigenvalue weighted by molar-refractivity contribution is 7.92. The van der Waals surface area contributed by atoms with E-state index in [0.29, 0.717) is 0 Å². The largest absolute Gasteiger partial charge is 0.469 e. The van der Waals surface area contributed by atoms with Crippen LogP contribution in [-0.4, -0.2) is 31.7 Å². The highest BCUT2D eigenvalue weighted by Gasteiger charge is 2.36. The van der Waals surface area contributed by atoms with Crippen molar-refractivity contribution in [3.8, 4) is 0 Å². The summed E-state index contributed by atoms with van der Waals surface area (Å²) in [5.74, 6) is -1.61. The average molecular weight is 301 g/mol. The minimum absolute atomic E-state index is 0.395. The lowest BCUT2D eigenvalue weighted by atomic mass is 10.1. The molecule has 0 fully saturated rings. The SMILES string of the molecule is COC(=O)C(C)C(C)S(=O)(=O)c1ccccc1[N+](=O)[O-].